The maximum absolute atomic E-state index is 12.7. The molecule has 1 aliphatic rings. The summed E-state index contributed by atoms with van der Waals surface area (Å²) in [5.41, 5.74) is 1.52. The van der Waals surface area contributed by atoms with Crippen LogP contribution in [0.3, 0.4) is 0 Å². The van der Waals surface area contributed by atoms with E-state index in [9.17, 15) is 4.79 Å². The molecule has 1 saturated carbocycles. The van der Waals surface area contributed by atoms with Gasteiger partial charge in [-0.2, -0.15) is 0 Å². The molecule has 0 unspecified atom stereocenters. The van der Waals surface area contributed by atoms with E-state index in [2.05, 4.69) is 5.10 Å². The SMILES string of the molecule is COc1ccc(C(=O)CSc2nc(C3CC3)n(-c3ccccc3)n2)c(OC)c1. The van der Waals surface area contributed by atoms with Gasteiger partial charge in [-0.05, 0) is 37.1 Å². The van der Waals surface area contributed by atoms with Gasteiger partial charge in [0.05, 0.1) is 31.2 Å². The van der Waals surface area contributed by atoms with E-state index >= 15 is 0 Å². The molecule has 4 rings (SSSR count). The summed E-state index contributed by atoms with van der Waals surface area (Å²) >= 11 is 1.35. The number of rotatable bonds is 8. The lowest BCUT2D eigenvalue weighted by molar-refractivity contribution is 0.101. The van der Waals surface area contributed by atoms with Crippen LogP contribution >= 0.6 is 11.8 Å². The number of ether oxygens (including phenoxy) is 2. The zero-order valence-electron chi connectivity index (χ0n) is 15.8. The highest BCUT2D eigenvalue weighted by atomic mass is 32.2. The van der Waals surface area contributed by atoms with Crippen molar-refractivity contribution >= 4 is 17.5 Å². The maximum atomic E-state index is 12.7. The van der Waals surface area contributed by atoms with Gasteiger partial charge in [0.15, 0.2) is 5.78 Å². The molecule has 0 atom stereocenters. The number of ketones is 1. The first-order valence-electron chi connectivity index (χ1n) is 9.10. The molecule has 1 heterocycles. The first-order valence-corrected chi connectivity index (χ1v) is 10.1. The number of methoxy groups -OCH3 is 2. The molecule has 1 fully saturated rings. The Kier molecular flexibility index (Phi) is 5.34. The number of carbonyl (C=O) groups is 1. The normalized spacial score (nSPS) is 13.4. The summed E-state index contributed by atoms with van der Waals surface area (Å²) in [6, 6.07) is 15.2. The van der Waals surface area contributed by atoms with Crippen molar-refractivity contribution in [2.24, 2.45) is 0 Å². The highest BCUT2D eigenvalue weighted by molar-refractivity contribution is 7.99. The molecule has 0 radical (unpaired) electrons. The van der Waals surface area contributed by atoms with E-state index in [4.69, 9.17) is 14.5 Å². The molecule has 1 aliphatic carbocycles. The summed E-state index contributed by atoms with van der Waals surface area (Å²) in [5.74, 6) is 2.80. The van der Waals surface area contributed by atoms with Crippen LogP contribution < -0.4 is 9.47 Å². The minimum Gasteiger partial charge on any atom is -0.497 e. The summed E-state index contributed by atoms with van der Waals surface area (Å²) in [4.78, 5) is 17.4. The topological polar surface area (TPSA) is 66.2 Å². The van der Waals surface area contributed by atoms with Crippen LogP contribution in [0, 0.1) is 0 Å². The molecule has 6 nitrogen and oxygen atoms in total. The second-order valence-corrected chi connectivity index (χ2v) is 7.49. The van der Waals surface area contributed by atoms with Gasteiger partial charge in [-0.25, -0.2) is 9.67 Å². The van der Waals surface area contributed by atoms with Gasteiger partial charge in [0, 0.05) is 12.0 Å². The molecule has 0 spiro atoms. The first kappa shape index (κ1) is 18.6. The molecule has 28 heavy (non-hydrogen) atoms. The summed E-state index contributed by atoms with van der Waals surface area (Å²) in [7, 11) is 3.13. The monoisotopic (exact) mass is 395 g/mol. The van der Waals surface area contributed by atoms with E-state index in [1.165, 1.54) is 11.8 Å². The summed E-state index contributed by atoms with van der Waals surface area (Å²) < 4.78 is 12.4. The van der Waals surface area contributed by atoms with Gasteiger partial charge in [-0.1, -0.05) is 30.0 Å². The number of para-hydroxylation sites is 1. The van der Waals surface area contributed by atoms with Crippen molar-refractivity contribution in [1.82, 2.24) is 14.8 Å². The van der Waals surface area contributed by atoms with Crippen molar-refractivity contribution in [2.45, 2.75) is 23.9 Å². The van der Waals surface area contributed by atoms with Crippen LogP contribution in [0.2, 0.25) is 0 Å². The van der Waals surface area contributed by atoms with Crippen LogP contribution in [0.1, 0.15) is 34.9 Å². The van der Waals surface area contributed by atoms with Crippen LogP contribution in [0.5, 0.6) is 11.5 Å². The Morgan fingerprint density at radius 1 is 1.14 bits per heavy atom. The van der Waals surface area contributed by atoms with Crippen molar-refractivity contribution in [3.63, 3.8) is 0 Å². The van der Waals surface area contributed by atoms with Gasteiger partial charge < -0.3 is 9.47 Å². The fourth-order valence-corrected chi connectivity index (χ4v) is 3.68. The number of carbonyl (C=O) groups excluding carboxylic acids is 1. The van der Waals surface area contributed by atoms with Crippen molar-refractivity contribution in [3.8, 4) is 17.2 Å². The van der Waals surface area contributed by atoms with Crippen LogP contribution in [0.25, 0.3) is 5.69 Å². The second kappa shape index (κ2) is 8.06. The van der Waals surface area contributed by atoms with Gasteiger partial charge in [-0.15, -0.1) is 5.10 Å². The third-order valence-corrected chi connectivity index (χ3v) is 5.44. The van der Waals surface area contributed by atoms with E-state index < -0.39 is 0 Å². The molecular formula is C21H21N3O3S. The fraction of sp³-hybridized carbons (Fsp3) is 0.286. The molecule has 0 N–H and O–H groups in total. The Balaban J connectivity index is 1.52. The minimum absolute atomic E-state index is 0.0338. The molecule has 1 aromatic heterocycles. The molecule has 0 amide bonds. The van der Waals surface area contributed by atoms with Crippen molar-refractivity contribution in [1.29, 1.82) is 0 Å². The summed E-state index contributed by atoms with van der Waals surface area (Å²) in [6.07, 6.45) is 2.27. The molecular weight excluding hydrogens is 374 g/mol. The lowest BCUT2D eigenvalue weighted by Gasteiger charge is -2.09. The molecule has 2 aromatic carbocycles. The van der Waals surface area contributed by atoms with Crippen molar-refractivity contribution < 1.29 is 14.3 Å². The molecule has 7 heteroatoms. The zero-order chi connectivity index (χ0) is 19.5. The number of thioether (sulfide) groups is 1. The van der Waals surface area contributed by atoms with Gasteiger partial charge >= 0.3 is 0 Å². The van der Waals surface area contributed by atoms with Gasteiger partial charge in [0.1, 0.15) is 17.3 Å². The predicted octanol–water partition coefficient (Wildman–Crippen LogP) is 4.14. The smallest absolute Gasteiger partial charge is 0.209 e. The van der Waals surface area contributed by atoms with E-state index in [1.807, 2.05) is 35.0 Å². The van der Waals surface area contributed by atoms with Crippen molar-refractivity contribution in [2.75, 3.05) is 20.0 Å². The second-order valence-electron chi connectivity index (χ2n) is 6.55. The number of hydrogen-bond donors (Lipinski definition) is 0. The Hall–Kier alpha value is -2.80. The van der Waals surface area contributed by atoms with Gasteiger partial charge in [0.25, 0.3) is 0 Å². The number of Topliss-reactive ketones (excluding diaryl/α,β-unsaturated/α-hetero) is 1. The predicted molar refractivity (Wildman–Crippen MR) is 108 cm³/mol. The number of aromatic nitrogens is 3. The fourth-order valence-electron chi connectivity index (χ4n) is 2.97. The van der Waals surface area contributed by atoms with Gasteiger partial charge in [0.2, 0.25) is 5.16 Å². The lowest BCUT2D eigenvalue weighted by Crippen LogP contribution is -2.05. The molecule has 0 bridgehead atoms. The molecule has 0 aliphatic heterocycles. The highest BCUT2D eigenvalue weighted by Gasteiger charge is 2.30. The zero-order valence-corrected chi connectivity index (χ0v) is 16.6. The Morgan fingerprint density at radius 2 is 1.93 bits per heavy atom. The summed E-state index contributed by atoms with van der Waals surface area (Å²) in [5, 5.41) is 5.26. The van der Waals surface area contributed by atoms with E-state index in [0.29, 0.717) is 28.1 Å². The molecule has 3 aromatic rings. The average Bonchev–Trinajstić information content (AvgIpc) is 3.51. The van der Waals surface area contributed by atoms with E-state index in [-0.39, 0.29) is 11.5 Å². The van der Waals surface area contributed by atoms with Crippen LogP contribution in [-0.4, -0.2) is 40.5 Å². The number of hydrogen-bond acceptors (Lipinski definition) is 6. The first-order chi connectivity index (χ1) is 13.7. The maximum Gasteiger partial charge on any atom is 0.209 e. The third-order valence-electron chi connectivity index (χ3n) is 4.60. The molecule has 0 saturated heterocycles. The molecule has 144 valence electrons. The lowest BCUT2D eigenvalue weighted by atomic mass is 10.1. The van der Waals surface area contributed by atoms with E-state index in [0.717, 1.165) is 24.4 Å². The van der Waals surface area contributed by atoms with Crippen LogP contribution in [0.4, 0.5) is 0 Å². The van der Waals surface area contributed by atoms with Crippen molar-refractivity contribution in [3.05, 3.63) is 59.9 Å². The quantitative estimate of drug-likeness (QED) is 0.422. The number of benzene rings is 2. The Bertz CT molecular complexity index is 984. The Labute approximate surface area is 167 Å². The van der Waals surface area contributed by atoms with Crippen LogP contribution in [-0.2, 0) is 0 Å². The minimum atomic E-state index is -0.0338. The van der Waals surface area contributed by atoms with Crippen LogP contribution in [0.15, 0.2) is 53.7 Å². The summed E-state index contributed by atoms with van der Waals surface area (Å²) in [6.45, 7) is 0. The largest absolute Gasteiger partial charge is 0.497 e. The van der Waals surface area contributed by atoms with Gasteiger partial charge in [-0.3, -0.25) is 4.79 Å². The third kappa shape index (κ3) is 3.89. The average molecular weight is 395 g/mol. The van der Waals surface area contributed by atoms with E-state index in [1.54, 1.807) is 32.4 Å². The Morgan fingerprint density at radius 3 is 2.61 bits per heavy atom. The standard InChI is InChI=1S/C21H21N3O3S/c1-26-16-10-11-17(19(12-16)27-2)18(25)13-28-21-22-20(14-8-9-14)24(23-21)15-6-4-3-5-7-15/h3-7,10-12,14H,8-9,13H2,1-2H3. The number of nitrogens with zero attached hydrogens (tertiary/aromatic N) is 3. The highest BCUT2D eigenvalue weighted by Crippen LogP contribution is 2.40.